The molecule has 4 saturated carbocycles. The Bertz CT molecular complexity index is 1270. The van der Waals surface area contributed by atoms with Crippen molar-refractivity contribution in [2.75, 3.05) is 19.0 Å². The third-order valence-electron chi connectivity index (χ3n) is 9.23. The number of hydrogen-bond acceptors (Lipinski definition) is 6. The van der Waals surface area contributed by atoms with Gasteiger partial charge in [0.2, 0.25) is 5.95 Å². The summed E-state index contributed by atoms with van der Waals surface area (Å²) in [5.41, 5.74) is 3.38. The number of rotatable bonds is 4. The van der Waals surface area contributed by atoms with E-state index in [1.165, 1.54) is 0 Å². The molecule has 2 aromatic rings. The zero-order valence-electron chi connectivity index (χ0n) is 19.5. The van der Waals surface area contributed by atoms with Crippen LogP contribution in [0.2, 0.25) is 0 Å². The van der Waals surface area contributed by atoms with E-state index in [0.29, 0.717) is 23.7 Å². The zero-order valence-corrected chi connectivity index (χ0v) is 19.5. The Morgan fingerprint density at radius 1 is 1.21 bits per heavy atom. The molecule has 3 heterocycles. The molecule has 174 valence electrons. The van der Waals surface area contributed by atoms with Crippen LogP contribution in [0.15, 0.2) is 34.4 Å². The van der Waals surface area contributed by atoms with E-state index in [1.807, 2.05) is 18.7 Å². The lowest BCUT2D eigenvalue weighted by atomic mass is 9.72. The third kappa shape index (κ3) is 2.68. The highest BCUT2D eigenvalue weighted by atomic mass is 16.5. The van der Waals surface area contributed by atoms with Gasteiger partial charge in [-0.15, -0.1) is 0 Å². The van der Waals surface area contributed by atoms with Crippen molar-refractivity contribution in [3.63, 3.8) is 0 Å². The van der Waals surface area contributed by atoms with Crippen molar-refractivity contribution in [3.05, 3.63) is 40.1 Å². The molecule has 0 amide bonds. The smallest absolute Gasteiger partial charge is 0.330 e. The lowest BCUT2D eigenvalue weighted by molar-refractivity contribution is -0.0742. The zero-order chi connectivity index (χ0) is 22.5. The van der Waals surface area contributed by atoms with E-state index in [0.717, 1.165) is 67.6 Å². The van der Waals surface area contributed by atoms with Crippen molar-refractivity contribution < 1.29 is 9.47 Å². The van der Waals surface area contributed by atoms with Gasteiger partial charge in [0.15, 0.2) is 5.65 Å². The van der Waals surface area contributed by atoms with Gasteiger partial charge in [-0.2, -0.15) is 4.98 Å². The van der Waals surface area contributed by atoms with Crippen LogP contribution in [-0.4, -0.2) is 44.5 Å². The number of methoxy groups -OCH3 is 1. The van der Waals surface area contributed by atoms with Gasteiger partial charge in [0.05, 0.1) is 23.4 Å². The Morgan fingerprint density at radius 3 is 2.76 bits per heavy atom. The second kappa shape index (κ2) is 6.57. The summed E-state index contributed by atoms with van der Waals surface area (Å²) in [5.74, 6) is 2.21. The first-order chi connectivity index (χ1) is 15.9. The quantitative estimate of drug-likeness (QED) is 0.772. The molecule has 0 radical (unpaired) electrons. The minimum atomic E-state index is -0.210. The van der Waals surface area contributed by atoms with Gasteiger partial charge in [-0.05, 0) is 56.4 Å². The van der Waals surface area contributed by atoms with Crippen LogP contribution in [0, 0.1) is 17.8 Å². The number of allylic oxidation sites excluding steroid dienone is 1. The van der Waals surface area contributed by atoms with Crippen molar-refractivity contribution in [1.82, 2.24) is 19.1 Å². The average molecular weight is 450 g/mol. The van der Waals surface area contributed by atoms with Gasteiger partial charge in [-0.3, -0.25) is 9.13 Å². The van der Waals surface area contributed by atoms with Crippen molar-refractivity contribution >= 4 is 17.1 Å². The number of imidazole rings is 1. The predicted molar refractivity (Wildman–Crippen MR) is 124 cm³/mol. The molecule has 0 spiro atoms. The maximum absolute atomic E-state index is 13.5. The van der Waals surface area contributed by atoms with Gasteiger partial charge in [-0.25, -0.2) is 9.78 Å². The molecule has 1 saturated heterocycles. The Balaban J connectivity index is 1.30. The summed E-state index contributed by atoms with van der Waals surface area (Å²) in [6, 6.07) is 0. The van der Waals surface area contributed by atoms with Crippen LogP contribution >= 0.6 is 0 Å². The number of nitrogens with zero attached hydrogens (tertiary/aromatic N) is 4. The molecule has 5 aliphatic carbocycles. The fourth-order valence-electron chi connectivity index (χ4n) is 7.82. The molecule has 33 heavy (non-hydrogen) atoms. The maximum atomic E-state index is 13.5. The van der Waals surface area contributed by atoms with Gasteiger partial charge < -0.3 is 14.8 Å². The summed E-state index contributed by atoms with van der Waals surface area (Å²) in [6.07, 6.45) is 12.7. The van der Waals surface area contributed by atoms with Crippen LogP contribution in [-0.2, 0) is 22.1 Å². The van der Waals surface area contributed by atoms with Gasteiger partial charge in [0.25, 0.3) is 0 Å². The Kier molecular flexibility index (Phi) is 3.98. The number of fused-ring (bicyclic) bond motifs is 2. The molecule has 4 atom stereocenters. The highest BCUT2D eigenvalue weighted by Crippen LogP contribution is 2.65. The fraction of sp³-hybridized carbons (Fsp3) is 0.640. The lowest BCUT2D eigenvalue weighted by Gasteiger charge is -2.45. The topological polar surface area (TPSA) is 83.2 Å². The second-order valence-electron chi connectivity index (χ2n) is 11.0. The van der Waals surface area contributed by atoms with Crippen LogP contribution in [0.25, 0.3) is 11.2 Å². The van der Waals surface area contributed by atoms with Gasteiger partial charge in [0.1, 0.15) is 5.52 Å². The summed E-state index contributed by atoms with van der Waals surface area (Å²) >= 11 is 0. The molecule has 5 fully saturated rings. The third-order valence-corrected chi connectivity index (χ3v) is 9.23. The standard InChI is InChI=1S/C25H31N5O3/c1-14-6-20-15(4-5-33-20)7-18(14)27-22-26-12-19-21(28-22)30(23(31)29(19)2)24-8-16-10-25(13-24,32-3)11-17(16)9-24/h6-7,12,15-17,20H,4-5,8-11,13H2,1-3H3,(H,26,27,28). The van der Waals surface area contributed by atoms with E-state index in [2.05, 4.69) is 29.4 Å². The second-order valence-corrected chi connectivity index (χ2v) is 11.0. The van der Waals surface area contributed by atoms with Crippen LogP contribution in [0.1, 0.15) is 45.4 Å². The van der Waals surface area contributed by atoms with Crippen LogP contribution in [0.3, 0.4) is 0 Å². The predicted octanol–water partition coefficient (Wildman–Crippen LogP) is 3.10. The van der Waals surface area contributed by atoms with E-state index in [-0.39, 0.29) is 22.9 Å². The minimum absolute atomic E-state index is 0.00329. The van der Waals surface area contributed by atoms with Crippen LogP contribution in [0.5, 0.6) is 0 Å². The Hall–Kier alpha value is -2.45. The molecule has 1 aliphatic heterocycles. The largest absolute Gasteiger partial charge is 0.378 e. The van der Waals surface area contributed by atoms with Crippen molar-refractivity contribution in [2.45, 2.75) is 62.7 Å². The van der Waals surface area contributed by atoms with Gasteiger partial charge in [0, 0.05) is 38.8 Å². The molecule has 8 rings (SSSR count). The molecule has 4 unspecified atom stereocenters. The monoisotopic (exact) mass is 449 g/mol. The number of aryl methyl sites for hydroxylation is 1. The molecule has 1 N–H and O–H groups in total. The van der Waals surface area contributed by atoms with E-state index < -0.39 is 0 Å². The van der Waals surface area contributed by atoms with Gasteiger partial charge in [-0.1, -0.05) is 12.2 Å². The van der Waals surface area contributed by atoms with E-state index in [1.54, 1.807) is 10.8 Å². The SMILES string of the molecule is COC12CC3CC(n4c(=O)n(C)c5cnc(NC6=CC7CCOC7C=C6C)nc54)(CC3C1)C2. The highest BCUT2D eigenvalue weighted by Gasteiger charge is 2.64. The van der Waals surface area contributed by atoms with E-state index in [4.69, 9.17) is 14.5 Å². The van der Waals surface area contributed by atoms with Crippen LogP contribution < -0.4 is 11.0 Å². The molecule has 2 aromatic heterocycles. The summed E-state index contributed by atoms with van der Waals surface area (Å²) in [6.45, 7) is 2.89. The minimum Gasteiger partial charge on any atom is -0.378 e. The highest BCUT2D eigenvalue weighted by molar-refractivity contribution is 5.73. The number of anilines is 1. The first-order valence-electron chi connectivity index (χ1n) is 12.2. The lowest BCUT2D eigenvalue weighted by Crippen LogP contribution is -2.50. The number of aromatic nitrogens is 4. The van der Waals surface area contributed by atoms with Gasteiger partial charge >= 0.3 is 5.69 Å². The first-order valence-corrected chi connectivity index (χ1v) is 12.2. The van der Waals surface area contributed by atoms with Crippen molar-refractivity contribution in [2.24, 2.45) is 24.8 Å². The molecule has 6 aliphatic rings. The molecule has 4 bridgehead atoms. The average Bonchev–Trinajstić information content (AvgIpc) is 3.48. The Labute approximate surface area is 192 Å². The number of nitrogens with one attached hydrogen (secondary N) is 1. The van der Waals surface area contributed by atoms with Crippen molar-refractivity contribution in [1.29, 1.82) is 0 Å². The summed E-state index contributed by atoms with van der Waals surface area (Å²) in [4.78, 5) is 23.0. The van der Waals surface area contributed by atoms with E-state index >= 15 is 0 Å². The number of ether oxygens (including phenoxy) is 2. The normalized spacial score (nSPS) is 38.6. The van der Waals surface area contributed by atoms with Crippen LogP contribution in [0.4, 0.5) is 5.95 Å². The molecule has 0 aromatic carbocycles. The summed E-state index contributed by atoms with van der Waals surface area (Å²) < 4.78 is 15.6. The number of hydrogen-bond donors (Lipinski definition) is 1. The summed E-state index contributed by atoms with van der Waals surface area (Å²) in [5, 5.41) is 3.44. The molecule has 8 heteroatoms. The first kappa shape index (κ1) is 20.0. The molecule has 8 nitrogen and oxygen atoms in total. The molecular weight excluding hydrogens is 418 g/mol. The fourth-order valence-corrected chi connectivity index (χ4v) is 7.82. The maximum Gasteiger partial charge on any atom is 0.330 e. The van der Waals surface area contributed by atoms with E-state index in [9.17, 15) is 4.79 Å². The Morgan fingerprint density at radius 2 is 2.00 bits per heavy atom. The molecular formula is C25H31N5O3. The summed E-state index contributed by atoms with van der Waals surface area (Å²) in [7, 11) is 3.66. The van der Waals surface area contributed by atoms with Crippen molar-refractivity contribution in [3.8, 4) is 0 Å².